The van der Waals surface area contributed by atoms with Gasteiger partial charge in [0.15, 0.2) is 15.4 Å². The number of benzene rings is 1. The highest BCUT2D eigenvalue weighted by Gasteiger charge is 2.42. The van der Waals surface area contributed by atoms with Gasteiger partial charge >= 0.3 is 0 Å². The Kier molecular flexibility index (Phi) is 4.67. The Bertz CT molecular complexity index is 891. The summed E-state index contributed by atoms with van der Waals surface area (Å²) < 4.78 is 32.2. The number of rotatable bonds is 4. The van der Waals surface area contributed by atoms with Crippen LogP contribution in [0.4, 0.5) is 0 Å². The fraction of sp³-hybridized carbons (Fsp3) is 0.611. The second-order valence-electron chi connectivity index (χ2n) is 8.26. The molecule has 1 fully saturated rings. The van der Waals surface area contributed by atoms with Gasteiger partial charge in [-0.1, -0.05) is 32.4 Å². The minimum Gasteiger partial charge on any atom is -0.439 e. The van der Waals surface area contributed by atoms with Crippen molar-refractivity contribution in [1.29, 1.82) is 0 Å². The van der Waals surface area contributed by atoms with Crippen LogP contribution in [0.15, 0.2) is 21.4 Å². The first-order valence-corrected chi connectivity index (χ1v) is 10.4. The zero-order valence-electron chi connectivity index (χ0n) is 15.3. The molecule has 0 saturated heterocycles. The van der Waals surface area contributed by atoms with Crippen LogP contribution in [0.3, 0.4) is 0 Å². The topological polar surface area (TPSA) is 63.4 Å². The van der Waals surface area contributed by atoms with Crippen molar-refractivity contribution in [2.24, 2.45) is 5.92 Å². The van der Waals surface area contributed by atoms with Gasteiger partial charge < -0.3 is 9.32 Å². The quantitative estimate of drug-likeness (QED) is 0.800. The molecule has 5 nitrogen and oxygen atoms in total. The molecule has 1 aliphatic carbocycles. The smallest absolute Gasteiger partial charge is 0.200 e. The van der Waals surface area contributed by atoms with Crippen molar-refractivity contribution >= 4 is 32.5 Å². The molecule has 1 aromatic heterocycles. The first kappa shape index (κ1) is 18.7. The minimum absolute atomic E-state index is 0.1000. The highest BCUT2D eigenvalue weighted by Crippen LogP contribution is 2.42. The van der Waals surface area contributed by atoms with E-state index in [4.69, 9.17) is 16.0 Å². The Morgan fingerprint density at radius 2 is 1.92 bits per heavy atom. The van der Waals surface area contributed by atoms with Crippen LogP contribution in [0.2, 0.25) is 5.02 Å². The summed E-state index contributed by atoms with van der Waals surface area (Å²) in [6.45, 7) is 6.84. The summed E-state index contributed by atoms with van der Waals surface area (Å²) in [6.07, 6.45) is 1.32. The van der Waals surface area contributed by atoms with Gasteiger partial charge in [-0.15, -0.1) is 0 Å². The Labute approximate surface area is 154 Å². The summed E-state index contributed by atoms with van der Waals surface area (Å²) in [6, 6.07) is 3.31. The molecule has 0 unspecified atom stereocenters. The van der Waals surface area contributed by atoms with Crippen molar-refractivity contribution < 1.29 is 12.8 Å². The number of nitrogens with zero attached hydrogens (tertiary/aromatic N) is 2. The molecule has 1 aliphatic rings. The normalized spacial score (nSPS) is 21.7. The first-order valence-electron chi connectivity index (χ1n) is 8.48. The number of aromatic nitrogens is 1. The van der Waals surface area contributed by atoms with Crippen LogP contribution in [-0.2, 0) is 15.3 Å². The van der Waals surface area contributed by atoms with Crippen LogP contribution in [0.5, 0.6) is 0 Å². The number of sulfone groups is 1. The van der Waals surface area contributed by atoms with Crippen molar-refractivity contribution in [2.75, 3.05) is 20.6 Å². The van der Waals surface area contributed by atoms with Gasteiger partial charge in [0, 0.05) is 12.0 Å². The molecule has 1 aromatic carbocycles. The molecule has 0 amide bonds. The monoisotopic (exact) mass is 384 g/mol. The third-order valence-corrected chi connectivity index (χ3v) is 7.31. The summed E-state index contributed by atoms with van der Waals surface area (Å²) in [5, 5.41) is -0.191. The summed E-state index contributed by atoms with van der Waals surface area (Å²) >= 11 is 6.28. The van der Waals surface area contributed by atoms with Crippen LogP contribution in [0.25, 0.3) is 11.1 Å². The molecule has 3 rings (SSSR count). The molecule has 0 spiro atoms. The lowest BCUT2D eigenvalue weighted by Crippen LogP contribution is -2.40. The van der Waals surface area contributed by atoms with Gasteiger partial charge in [0.25, 0.3) is 0 Å². The Balaban J connectivity index is 2.00. The van der Waals surface area contributed by atoms with E-state index >= 15 is 0 Å². The summed E-state index contributed by atoms with van der Waals surface area (Å²) in [5.41, 5.74) is 0.519. The molecule has 0 N–H and O–H groups in total. The molecule has 7 heteroatoms. The predicted octanol–water partition coefficient (Wildman–Crippen LogP) is 3.89. The number of hydrogen-bond acceptors (Lipinski definition) is 5. The Morgan fingerprint density at radius 1 is 1.28 bits per heavy atom. The number of hydrogen-bond donors (Lipinski definition) is 0. The second kappa shape index (κ2) is 6.25. The Hall–Kier alpha value is -1.11. The molecule has 25 heavy (non-hydrogen) atoms. The van der Waals surface area contributed by atoms with Crippen molar-refractivity contribution in [3.05, 3.63) is 23.0 Å². The van der Waals surface area contributed by atoms with E-state index in [-0.39, 0.29) is 20.9 Å². The largest absolute Gasteiger partial charge is 0.439 e. The molecular formula is C18H25ClN2O3S. The average molecular weight is 385 g/mol. The maximum Gasteiger partial charge on any atom is 0.200 e. The standard InChI is InChI=1S/C18H25ClN2O3S/c1-18(2,3)17-20-14-7-6-13(19)16(15(14)24-17)25(22,23)12-8-11(9-12)10-21(4)5/h6-7,11-12H,8-10H2,1-5H3. The van der Waals surface area contributed by atoms with Crippen LogP contribution in [0.1, 0.15) is 39.5 Å². The summed E-state index contributed by atoms with van der Waals surface area (Å²) in [4.78, 5) is 6.65. The van der Waals surface area contributed by atoms with E-state index in [9.17, 15) is 8.42 Å². The summed E-state index contributed by atoms with van der Waals surface area (Å²) in [7, 11) is 0.459. The highest BCUT2D eigenvalue weighted by atomic mass is 35.5. The van der Waals surface area contributed by atoms with Gasteiger partial charge in [0.05, 0.1) is 10.3 Å². The second-order valence-corrected chi connectivity index (χ2v) is 10.8. The van der Waals surface area contributed by atoms with Crippen molar-refractivity contribution in [3.63, 3.8) is 0 Å². The van der Waals surface area contributed by atoms with Crippen LogP contribution in [-0.4, -0.2) is 44.2 Å². The van der Waals surface area contributed by atoms with E-state index in [0.717, 1.165) is 6.54 Å². The summed E-state index contributed by atoms with van der Waals surface area (Å²) in [5.74, 6) is 0.924. The number of oxazole rings is 1. The van der Waals surface area contributed by atoms with Crippen molar-refractivity contribution in [3.8, 4) is 0 Å². The molecular weight excluding hydrogens is 360 g/mol. The van der Waals surface area contributed by atoms with Gasteiger partial charge in [-0.05, 0) is 45.0 Å². The fourth-order valence-electron chi connectivity index (χ4n) is 3.29. The maximum absolute atomic E-state index is 13.2. The molecule has 2 aromatic rings. The molecule has 1 saturated carbocycles. The van der Waals surface area contributed by atoms with Crippen molar-refractivity contribution in [2.45, 2.75) is 49.2 Å². The molecule has 0 radical (unpaired) electrons. The van der Waals surface area contributed by atoms with Gasteiger partial charge in [-0.25, -0.2) is 13.4 Å². The maximum atomic E-state index is 13.2. The van der Waals surface area contributed by atoms with Gasteiger partial charge in [-0.3, -0.25) is 0 Å². The van der Waals surface area contributed by atoms with Crippen LogP contribution in [0, 0.1) is 5.92 Å². The molecule has 138 valence electrons. The van der Waals surface area contributed by atoms with E-state index in [0.29, 0.717) is 30.2 Å². The lowest BCUT2D eigenvalue weighted by atomic mass is 9.84. The zero-order chi connectivity index (χ0) is 18.6. The Morgan fingerprint density at radius 3 is 2.48 bits per heavy atom. The van der Waals surface area contributed by atoms with Crippen LogP contribution >= 0.6 is 11.6 Å². The lowest BCUT2D eigenvalue weighted by Gasteiger charge is -2.36. The van der Waals surface area contributed by atoms with Gasteiger partial charge in [0.2, 0.25) is 5.89 Å². The van der Waals surface area contributed by atoms with Gasteiger partial charge in [0.1, 0.15) is 10.4 Å². The SMILES string of the molecule is CN(C)CC1CC(S(=O)(=O)c2c(Cl)ccc3nc(C(C)(C)C)oc23)C1. The van der Waals surface area contributed by atoms with E-state index in [1.807, 2.05) is 34.9 Å². The third-order valence-electron chi connectivity index (χ3n) is 4.64. The lowest BCUT2D eigenvalue weighted by molar-refractivity contribution is 0.232. The third kappa shape index (κ3) is 3.44. The fourth-order valence-corrected chi connectivity index (χ4v) is 5.89. The van der Waals surface area contributed by atoms with E-state index in [2.05, 4.69) is 9.88 Å². The van der Waals surface area contributed by atoms with Gasteiger partial charge in [-0.2, -0.15) is 0 Å². The molecule has 0 aliphatic heterocycles. The van der Waals surface area contributed by atoms with Crippen LogP contribution < -0.4 is 0 Å². The molecule has 1 heterocycles. The highest BCUT2D eigenvalue weighted by molar-refractivity contribution is 7.92. The zero-order valence-corrected chi connectivity index (χ0v) is 16.9. The predicted molar refractivity (Wildman–Crippen MR) is 100.0 cm³/mol. The number of fused-ring (bicyclic) bond motifs is 1. The minimum atomic E-state index is -3.54. The molecule has 0 atom stereocenters. The average Bonchev–Trinajstić information content (AvgIpc) is 2.85. The van der Waals surface area contributed by atoms with E-state index in [1.165, 1.54) is 0 Å². The molecule has 0 bridgehead atoms. The van der Waals surface area contributed by atoms with E-state index in [1.54, 1.807) is 12.1 Å². The van der Waals surface area contributed by atoms with E-state index < -0.39 is 15.1 Å². The first-order chi connectivity index (χ1) is 11.5. The van der Waals surface area contributed by atoms with Crippen molar-refractivity contribution in [1.82, 2.24) is 9.88 Å². The number of halogens is 1.